The lowest BCUT2D eigenvalue weighted by atomic mass is 10.00. The lowest BCUT2D eigenvalue weighted by Crippen LogP contribution is -2.10. The van der Waals surface area contributed by atoms with E-state index in [4.69, 9.17) is 9.97 Å². The number of nitrogens with zero attached hydrogens (tertiary/aromatic N) is 4. The van der Waals surface area contributed by atoms with Crippen LogP contribution in [0.5, 0.6) is 0 Å². The van der Waals surface area contributed by atoms with Crippen molar-refractivity contribution in [1.29, 1.82) is 0 Å². The van der Waals surface area contributed by atoms with Crippen molar-refractivity contribution >= 4 is 49.8 Å². The smallest absolute Gasteiger partial charge is 0.160 e. The van der Waals surface area contributed by atoms with E-state index in [1.165, 1.54) is 33.0 Å². The highest BCUT2D eigenvalue weighted by molar-refractivity contribution is 6.10. The molecule has 0 aliphatic heterocycles. The number of rotatable bonds is 9. The molecule has 0 bridgehead atoms. The summed E-state index contributed by atoms with van der Waals surface area (Å²) in [5, 5.41) is 3.45. The Labute approximate surface area is 384 Å². The second-order valence-electron chi connectivity index (χ2n) is 16.6. The summed E-state index contributed by atoms with van der Waals surface area (Å²) in [6.45, 7) is 0. The van der Waals surface area contributed by atoms with Crippen LogP contribution < -0.4 is 4.90 Å². The van der Waals surface area contributed by atoms with Crippen molar-refractivity contribution in [3.63, 3.8) is 0 Å². The van der Waals surface area contributed by atoms with Gasteiger partial charge in [0, 0.05) is 50.0 Å². The van der Waals surface area contributed by atoms with E-state index >= 15 is 0 Å². The molecule has 0 N–H and O–H groups in total. The molecule has 0 radical (unpaired) electrons. The Morgan fingerprint density at radius 3 is 1.45 bits per heavy atom. The normalized spacial score (nSPS) is 11.3. The maximum Gasteiger partial charge on any atom is 0.160 e. The van der Waals surface area contributed by atoms with Crippen LogP contribution in [0.1, 0.15) is 0 Å². The maximum atomic E-state index is 5.16. The van der Waals surface area contributed by atoms with Crippen molar-refractivity contribution in [2.75, 3.05) is 4.90 Å². The molecule has 2 heterocycles. The molecule has 0 amide bonds. The largest absolute Gasteiger partial charge is 0.311 e. The minimum Gasteiger partial charge on any atom is -0.311 e. The molecule has 12 aromatic rings. The van der Waals surface area contributed by atoms with Gasteiger partial charge in [0.25, 0.3) is 0 Å². The third kappa shape index (κ3) is 7.17. The number of aromatic nitrogens is 3. The van der Waals surface area contributed by atoms with Crippen LogP contribution in [0.15, 0.2) is 255 Å². The summed E-state index contributed by atoms with van der Waals surface area (Å²) >= 11 is 0. The monoisotopic (exact) mass is 842 g/mol. The predicted octanol–water partition coefficient (Wildman–Crippen LogP) is 16.5. The molecule has 0 unspecified atom stereocenters. The molecule has 10 aromatic carbocycles. The van der Waals surface area contributed by atoms with Crippen LogP contribution >= 0.6 is 0 Å². The highest BCUT2D eigenvalue weighted by Gasteiger charge is 2.17. The Morgan fingerprint density at radius 2 is 0.758 bits per heavy atom. The van der Waals surface area contributed by atoms with Gasteiger partial charge in [-0.1, -0.05) is 176 Å². The molecule has 0 aliphatic rings. The van der Waals surface area contributed by atoms with Gasteiger partial charge in [0.05, 0.1) is 22.2 Å². The quantitative estimate of drug-likeness (QED) is 0.145. The molecule has 0 atom stereocenters. The molecule has 2 aromatic heterocycles. The molecule has 0 saturated carbocycles. The molecule has 0 aliphatic carbocycles. The van der Waals surface area contributed by atoms with Gasteiger partial charge in [-0.05, 0) is 112 Å². The summed E-state index contributed by atoms with van der Waals surface area (Å²) in [6.07, 6.45) is 0. The highest BCUT2D eigenvalue weighted by Crippen LogP contribution is 2.39. The fraction of sp³-hybridized carbons (Fsp3) is 0. The van der Waals surface area contributed by atoms with E-state index in [-0.39, 0.29) is 0 Å². The maximum absolute atomic E-state index is 5.16. The third-order valence-corrected chi connectivity index (χ3v) is 12.6. The molecule has 4 heteroatoms. The minimum absolute atomic E-state index is 0.711. The zero-order valence-corrected chi connectivity index (χ0v) is 36.0. The average molecular weight is 843 g/mol. The van der Waals surface area contributed by atoms with Crippen LogP contribution in [0.3, 0.4) is 0 Å². The fourth-order valence-corrected chi connectivity index (χ4v) is 9.35. The van der Waals surface area contributed by atoms with E-state index in [1.807, 2.05) is 18.2 Å². The summed E-state index contributed by atoms with van der Waals surface area (Å²) in [5.74, 6) is 0.711. The van der Waals surface area contributed by atoms with Crippen molar-refractivity contribution < 1.29 is 0 Å². The van der Waals surface area contributed by atoms with Crippen LogP contribution in [0, 0.1) is 0 Å². The Kier molecular flexibility index (Phi) is 9.81. The first-order valence-corrected chi connectivity index (χ1v) is 22.4. The summed E-state index contributed by atoms with van der Waals surface area (Å²) in [5.41, 5.74) is 17.7. The van der Waals surface area contributed by atoms with Crippen molar-refractivity contribution in [2.24, 2.45) is 0 Å². The molecule has 12 rings (SSSR count). The van der Waals surface area contributed by atoms with Gasteiger partial charge >= 0.3 is 0 Å². The van der Waals surface area contributed by atoms with Gasteiger partial charge < -0.3 is 9.47 Å². The first-order chi connectivity index (χ1) is 32.7. The van der Waals surface area contributed by atoms with E-state index in [1.54, 1.807) is 0 Å². The van der Waals surface area contributed by atoms with Crippen LogP contribution in [0.4, 0.5) is 17.1 Å². The van der Waals surface area contributed by atoms with Gasteiger partial charge in [-0.2, -0.15) is 0 Å². The molecule has 0 saturated heterocycles. The molecule has 66 heavy (non-hydrogen) atoms. The van der Waals surface area contributed by atoms with Gasteiger partial charge in [-0.15, -0.1) is 0 Å². The summed E-state index contributed by atoms with van der Waals surface area (Å²) in [7, 11) is 0. The summed E-state index contributed by atoms with van der Waals surface area (Å²) in [4.78, 5) is 12.5. The predicted molar refractivity (Wildman–Crippen MR) is 276 cm³/mol. The van der Waals surface area contributed by atoms with Crippen molar-refractivity contribution in [2.45, 2.75) is 0 Å². The van der Waals surface area contributed by atoms with E-state index in [2.05, 4.69) is 246 Å². The standard InChI is InChI=1S/C62H42N4/c1-4-15-43(16-5-1)44-27-29-45(30-28-44)46-31-34-52(35-32-46)65(51-21-8-3-9-22-51)53-36-38-54(39-37-53)66-59-26-13-11-23-55(59)57-42-49(33-40-60(57)66)48-19-14-20-50(41-48)62-63-58-25-12-10-24-56(58)61(64-62)47-17-6-2-7-18-47/h1-42H. The Hall–Kier alpha value is -8.86. The number of fused-ring (bicyclic) bond motifs is 4. The van der Waals surface area contributed by atoms with Crippen LogP contribution in [0.2, 0.25) is 0 Å². The van der Waals surface area contributed by atoms with Crippen LogP contribution in [-0.4, -0.2) is 14.5 Å². The number of para-hydroxylation sites is 3. The molecule has 310 valence electrons. The van der Waals surface area contributed by atoms with Crippen molar-refractivity contribution in [3.05, 3.63) is 255 Å². The van der Waals surface area contributed by atoms with E-state index in [0.29, 0.717) is 5.82 Å². The van der Waals surface area contributed by atoms with Gasteiger partial charge in [0.15, 0.2) is 5.82 Å². The van der Waals surface area contributed by atoms with E-state index in [0.717, 1.165) is 72.6 Å². The zero-order valence-electron chi connectivity index (χ0n) is 36.0. The van der Waals surface area contributed by atoms with Crippen LogP contribution in [-0.2, 0) is 0 Å². The molecule has 0 spiro atoms. The fourth-order valence-electron chi connectivity index (χ4n) is 9.35. The zero-order chi connectivity index (χ0) is 43.8. The first-order valence-electron chi connectivity index (χ1n) is 22.4. The number of hydrogen-bond donors (Lipinski definition) is 0. The average Bonchev–Trinajstić information content (AvgIpc) is 3.73. The Bertz CT molecular complexity index is 3660. The van der Waals surface area contributed by atoms with E-state index in [9.17, 15) is 0 Å². The topological polar surface area (TPSA) is 34.0 Å². The van der Waals surface area contributed by atoms with Crippen LogP contribution in [0.25, 0.3) is 94.4 Å². The van der Waals surface area contributed by atoms with E-state index < -0.39 is 0 Å². The second-order valence-corrected chi connectivity index (χ2v) is 16.6. The molecule has 0 fully saturated rings. The SMILES string of the molecule is c1ccc(-c2ccc(-c3ccc(N(c4ccccc4)c4ccc(-n5c6ccccc6c6cc(-c7cccc(-c8nc(-c9ccccc9)c9ccccc9n8)c7)ccc65)cc4)cc3)cc2)cc1. The van der Waals surface area contributed by atoms with Gasteiger partial charge in [0.2, 0.25) is 0 Å². The molecular formula is C62H42N4. The van der Waals surface area contributed by atoms with Crippen molar-refractivity contribution in [3.8, 4) is 61.7 Å². The second kappa shape index (κ2) is 16.7. The summed E-state index contributed by atoms with van der Waals surface area (Å²) < 4.78 is 2.38. The third-order valence-electron chi connectivity index (χ3n) is 12.6. The summed E-state index contributed by atoms with van der Waals surface area (Å²) in [6, 6.07) is 90.6. The lowest BCUT2D eigenvalue weighted by Gasteiger charge is -2.26. The highest BCUT2D eigenvalue weighted by atomic mass is 15.1. The lowest BCUT2D eigenvalue weighted by molar-refractivity contribution is 1.17. The van der Waals surface area contributed by atoms with Crippen molar-refractivity contribution in [1.82, 2.24) is 14.5 Å². The number of hydrogen-bond acceptors (Lipinski definition) is 3. The molecular weight excluding hydrogens is 801 g/mol. The van der Waals surface area contributed by atoms with Gasteiger partial charge in [-0.25, -0.2) is 9.97 Å². The molecule has 4 nitrogen and oxygen atoms in total. The number of anilines is 3. The van der Waals surface area contributed by atoms with Gasteiger partial charge in [-0.3, -0.25) is 0 Å². The minimum atomic E-state index is 0.711. The Balaban J connectivity index is 0.877. The Morgan fingerprint density at radius 1 is 0.288 bits per heavy atom. The van der Waals surface area contributed by atoms with Gasteiger partial charge in [0.1, 0.15) is 0 Å². The number of benzene rings is 10. The first kappa shape index (κ1) is 38.8.